The molecule has 1 fully saturated rings. The Morgan fingerprint density at radius 2 is 2.24 bits per heavy atom. The molecule has 1 heterocycles. The van der Waals surface area contributed by atoms with Crippen LogP contribution in [0, 0.1) is 5.92 Å². The maximum Gasteiger partial charge on any atom is 0.321 e. The molecule has 0 aromatic heterocycles. The Balaban J connectivity index is 1.90. The molecule has 0 spiro atoms. The number of carbonyl (C=O) groups is 2. The number of rotatable bonds is 4. The first-order valence-electron chi connectivity index (χ1n) is 6.69. The van der Waals surface area contributed by atoms with Crippen molar-refractivity contribution < 1.29 is 14.7 Å². The van der Waals surface area contributed by atoms with Crippen molar-refractivity contribution >= 4 is 45.2 Å². The van der Waals surface area contributed by atoms with E-state index in [9.17, 15) is 9.59 Å². The van der Waals surface area contributed by atoms with Gasteiger partial charge in [0.25, 0.3) is 0 Å². The van der Waals surface area contributed by atoms with Crippen molar-refractivity contribution in [3.05, 3.63) is 27.7 Å². The minimum atomic E-state index is -0.791. The molecule has 0 saturated carbocycles. The molecule has 0 bridgehead atoms. The van der Waals surface area contributed by atoms with Crippen molar-refractivity contribution in [1.29, 1.82) is 0 Å². The number of hydrogen-bond donors (Lipinski definition) is 2. The number of aliphatic carboxylic acids is 1. The number of likely N-dealkylation sites (tertiary alicyclic amines) is 1. The van der Waals surface area contributed by atoms with E-state index < -0.39 is 5.97 Å². The molecule has 21 heavy (non-hydrogen) atoms. The van der Waals surface area contributed by atoms with Gasteiger partial charge in [0.1, 0.15) is 0 Å². The summed E-state index contributed by atoms with van der Waals surface area (Å²) in [6.45, 7) is 1.24. The third kappa shape index (κ3) is 4.35. The molecule has 0 aliphatic carbocycles. The van der Waals surface area contributed by atoms with Crippen LogP contribution in [0.15, 0.2) is 22.7 Å². The number of halogens is 2. The van der Waals surface area contributed by atoms with Crippen LogP contribution in [0.3, 0.4) is 0 Å². The van der Waals surface area contributed by atoms with E-state index in [0.717, 1.165) is 6.42 Å². The molecular formula is C14H16BrClN2O3. The molecule has 7 heteroatoms. The molecule has 1 atom stereocenters. The predicted molar refractivity (Wildman–Crippen MR) is 84.7 cm³/mol. The van der Waals surface area contributed by atoms with Crippen LogP contribution in [-0.2, 0) is 4.79 Å². The second-order valence-electron chi connectivity index (χ2n) is 5.06. The van der Waals surface area contributed by atoms with Crippen molar-refractivity contribution in [1.82, 2.24) is 4.90 Å². The highest BCUT2D eigenvalue weighted by atomic mass is 79.9. The van der Waals surface area contributed by atoms with Crippen LogP contribution in [-0.4, -0.2) is 35.1 Å². The van der Waals surface area contributed by atoms with E-state index in [-0.39, 0.29) is 18.4 Å². The summed E-state index contributed by atoms with van der Waals surface area (Å²) >= 11 is 9.32. The Morgan fingerprint density at radius 1 is 1.48 bits per heavy atom. The molecule has 2 amide bonds. The van der Waals surface area contributed by atoms with E-state index in [1.54, 1.807) is 23.1 Å². The van der Waals surface area contributed by atoms with Crippen molar-refractivity contribution in [2.45, 2.75) is 19.3 Å². The van der Waals surface area contributed by atoms with E-state index in [1.807, 2.05) is 0 Å². The average molecular weight is 376 g/mol. The lowest BCUT2D eigenvalue weighted by Gasteiger charge is -2.18. The van der Waals surface area contributed by atoms with E-state index in [1.165, 1.54) is 0 Å². The van der Waals surface area contributed by atoms with Gasteiger partial charge in [0.05, 0.1) is 15.2 Å². The molecule has 1 unspecified atom stereocenters. The second kappa shape index (κ2) is 7.13. The fraction of sp³-hybridized carbons (Fsp3) is 0.429. The van der Waals surface area contributed by atoms with Crippen LogP contribution < -0.4 is 5.32 Å². The highest BCUT2D eigenvalue weighted by molar-refractivity contribution is 9.10. The number of carboxylic acid groups (broad SMARTS) is 1. The number of carboxylic acids is 1. The van der Waals surface area contributed by atoms with Gasteiger partial charge >= 0.3 is 12.0 Å². The van der Waals surface area contributed by atoms with E-state index in [2.05, 4.69) is 21.2 Å². The van der Waals surface area contributed by atoms with Crippen LogP contribution in [0.2, 0.25) is 5.02 Å². The minimum absolute atomic E-state index is 0.153. The third-order valence-corrected chi connectivity index (χ3v) is 4.93. The summed E-state index contributed by atoms with van der Waals surface area (Å²) in [6, 6.07) is 5.09. The Hall–Kier alpha value is -1.27. The van der Waals surface area contributed by atoms with Gasteiger partial charge in [0.2, 0.25) is 0 Å². The number of benzene rings is 1. The molecule has 2 N–H and O–H groups in total. The molecule has 5 nitrogen and oxygen atoms in total. The SMILES string of the molecule is O=C(O)CCC1CCN(C(=O)Nc2cccc(Cl)c2Br)C1. The zero-order chi connectivity index (χ0) is 15.4. The van der Waals surface area contributed by atoms with Crippen molar-refractivity contribution in [2.24, 2.45) is 5.92 Å². The molecule has 1 aromatic carbocycles. The number of amides is 2. The zero-order valence-corrected chi connectivity index (χ0v) is 13.7. The standard InChI is InChI=1S/C14H16BrClN2O3/c15-13-10(16)2-1-3-11(13)17-14(21)18-7-6-9(8-18)4-5-12(19)20/h1-3,9H,4-8H2,(H,17,21)(H,19,20). The first-order valence-corrected chi connectivity index (χ1v) is 7.86. The zero-order valence-electron chi connectivity index (χ0n) is 11.3. The number of carbonyl (C=O) groups excluding carboxylic acids is 1. The summed E-state index contributed by atoms with van der Waals surface area (Å²) in [5.41, 5.74) is 0.626. The van der Waals surface area contributed by atoms with Gasteiger partial charge in [-0.25, -0.2) is 4.79 Å². The van der Waals surface area contributed by atoms with Crippen molar-refractivity contribution in [3.63, 3.8) is 0 Å². The summed E-state index contributed by atoms with van der Waals surface area (Å²) in [4.78, 5) is 24.5. The predicted octanol–water partition coefficient (Wildman–Crippen LogP) is 3.82. The lowest BCUT2D eigenvalue weighted by Crippen LogP contribution is -2.33. The van der Waals surface area contributed by atoms with E-state index in [0.29, 0.717) is 34.7 Å². The Labute approximate surface area is 136 Å². The van der Waals surface area contributed by atoms with Gasteiger partial charge in [-0.15, -0.1) is 0 Å². The topological polar surface area (TPSA) is 69.6 Å². The smallest absolute Gasteiger partial charge is 0.321 e. The minimum Gasteiger partial charge on any atom is -0.481 e. The average Bonchev–Trinajstić information content (AvgIpc) is 2.90. The van der Waals surface area contributed by atoms with Crippen LogP contribution in [0.25, 0.3) is 0 Å². The summed E-state index contributed by atoms with van der Waals surface area (Å²) in [5, 5.41) is 12.0. The highest BCUT2D eigenvalue weighted by Gasteiger charge is 2.26. The fourth-order valence-electron chi connectivity index (χ4n) is 2.37. The fourth-order valence-corrected chi connectivity index (χ4v) is 2.91. The van der Waals surface area contributed by atoms with Crippen LogP contribution >= 0.6 is 27.5 Å². The molecule has 1 aromatic rings. The molecule has 114 valence electrons. The maximum absolute atomic E-state index is 12.2. The molecular weight excluding hydrogens is 360 g/mol. The van der Waals surface area contributed by atoms with Gasteiger partial charge < -0.3 is 15.3 Å². The second-order valence-corrected chi connectivity index (χ2v) is 6.26. The van der Waals surface area contributed by atoms with Crippen molar-refractivity contribution in [2.75, 3.05) is 18.4 Å². The first kappa shape index (κ1) is 16.1. The number of anilines is 1. The van der Waals surface area contributed by atoms with Gasteiger partial charge in [0, 0.05) is 19.5 Å². The number of nitrogens with zero attached hydrogens (tertiary/aromatic N) is 1. The molecule has 1 aliphatic heterocycles. The van der Waals surface area contributed by atoms with Crippen LogP contribution in [0.5, 0.6) is 0 Å². The summed E-state index contributed by atoms with van der Waals surface area (Å²) in [6.07, 6.45) is 1.61. The summed E-state index contributed by atoms with van der Waals surface area (Å²) in [5.74, 6) is -0.532. The Bertz CT molecular complexity index is 553. The molecule has 1 saturated heterocycles. The number of nitrogens with one attached hydrogen (secondary N) is 1. The Kier molecular flexibility index (Phi) is 5.47. The Morgan fingerprint density at radius 3 is 2.95 bits per heavy atom. The molecule has 2 rings (SSSR count). The van der Waals surface area contributed by atoms with Gasteiger partial charge in [0.15, 0.2) is 0 Å². The lowest BCUT2D eigenvalue weighted by atomic mass is 10.0. The van der Waals surface area contributed by atoms with Gasteiger partial charge in [-0.1, -0.05) is 17.7 Å². The first-order chi connectivity index (χ1) is 9.97. The van der Waals surface area contributed by atoms with Gasteiger partial charge in [-0.2, -0.15) is 0 Å². The maximum atomic E-state index is 12.2. The summed E-state index contributed by atoms with van der Waals surface area (Å²) in [7, 11) is 0. The number of hydrogen-bond acceptors (Lipinski definition) is 2. The molecule has 1 aliphatic rings. The molecule has 0 radical (unpaired) electrons. The van der Waals surface area contributed by atoms with Crippen LogP contribution in [0.4, 0.5) is 10.5 Å². The van der Waals surface area contributed by atoms with E-state index >= 15 is 0 Å². The van der Waals surface area contributed by atoms with E-state index in [4.69, 9.17) is 16.7 Å². The van der Waals surface area contributed by atoms with Crippen LogP contribution in [0.1, 0.15) is 19.3 Å². The monoisotopic (exact) mass is 374 g/mol. The quantitative estimate of drug-likeness (QED) is 0.840. The van der Waals surface area contributed by atoms with Gasteiger partial charge in [-0.05, 0) is 46.8 Å². The normalized spacial score (nSPS) is 17.8. The van der Waals surface area contributed by atoms with Crippen molar-refractivity contribution in [3.8, 4) is 0 Å². The van der Waals surface area contributed by atoms with Gasteiger partial charge in [-0.3, -0.25) is 4.79 Å². The third-order valence-electron chi connectivity index (χ3n) is 3.53. The largest absolute Gasteiger partial charge is 0.481 e. The highest BCUT2D eigenvalue weighted by Crippen LogP contribution is 2.30. The lowest BCUT2D eigenvalue weighted by molar-refractivity contribution is -0.137. The number of urea groups is 1. The summed E-state index contributed by atoms with van der Waals surface area (Å²) < 4.78 is 0.654.